The predicted octanol–water partition coefficient (Wildman–Crippen LogP) is 3.23. The Morgan fingerprint density at radius 1 is 0.933 bits per heavy atom. The SMILES string of the molecule is COc1ccc2cc1OCCNC(=O)CC(CCSC)NC(=O)CN1CCN(CC1)Cc1cccc(c1)Nc1cc(ncn1)N2. The average molecular weight is 635 g/mol. The van der Waals surface area contributed by atoms with Crippen LogP contribution < -0.4 is 30.7 Å². The summed E-state index contributed by atoms with van der Waals surface area (Å²) in [6.45, 7) is 5.08. The molecule has 2 aromatic carbocycles. The van der Waals surface area contributed by atoms with Gasteiger partial charge in [-0.2, -0.15) is 11.8 Å². The van der Waals surface area contributed by atoms with Gasteiger partial charge in [0.2, 0.25) is 11.8 Å². The lowest BCUT2D eigenvalue weighted by molar-refractivity contribution is -0.124. The molecule has 240 valence electrons. The van der Waals surface area contributed by atoms with Gasteiger partial charge in [-0.1, -0.05) is 12.1 Å². The van der Waals surface area contributed by atoms with Gasteiger partial charge in [-0.25, -0.2) is 9.97 Å². The lowest BCUT2D eigenvalue weighted by Crippen LogP contribution is -2.50. The molecule has 6 rings (SSSR count). The zero-order chi connectivity index (χ0) is 31.4. The molecular weight excluding hydrogens is 592 g/mol. The Morgan fingerprint density at radius 2 is 1.67 bits per heavy atom. The summed E-state index contributed by atoms with van der Waals surface area (Å²) < 4.78 is 11.5. The van der Waals surface area contributed by atoms with Crippen molar-refractivity contribution in [2.75, 3.05) is 75.6 Å². The molecule has 3 aromatic rings. The van der Waals surface area contributed by atoms with Gasteiger partial charge in [-0.05, 0) is 48.3 Å². The number of aromatic nitrogens is 2. The maximum atomic E-state index is 13.0. The molecule has 1 saturated heterocycles. The highest BCUT2D eigenvalue weighted by Gasteiger charge is 2.22. The van der Waals surface area contributed by atoms with Crippen molar-refractivity contribution in [3.05, 3.63) is 60.4 Å². The van der Waals surface area contributed by atoms with Gasteiger partial charge in [-0.15, -0.1) is 0 Å². The molecule has 12 nitrogen and oxygen atoms in total. The highest BCUT2D eigenvalue weighted by Crippen LogP contribution is 2.31. The average Bonchev–Trinajstić information content (AvgIpc) is 3.03. The summed E-state index contributed by atoms with van der Waals surface area (Å²) in [7, 11) is 1.58. The first-order valence-corrected chi connectivity index (χ1v) is 16.6. The Morgan fingerprint density at radius 3 is 2.40 bits per heavy atom. The quantitative estimate of drug-likeness (QED) is 0.337. The largest absolute Gasteiger partial charge is 0.493 e. The minimum absolute atomic E-state index is 0.0423. The first-order valence-electron chi connectivity index (χ1n) is 15.2. The zero-order valence-electron chi connectivity index (χ0n) is 25.9. The van der Waals surface area contributed by atoms with Gasteiger partial charge in [-0.3, -0.25) is 19.4 Å². The van der Waals surface area contributed by atoms with Crippen LogP contribution >= 0.6 is 11.8 Å². The van der Waals surface area contributed by atoms with E-state index in [1.165, 1.54) is 11.9 Å². The molecule has 45 heavy (non-hydrogen) atoms. The Hall–Kier alpha value is -4.07. The van der Waals surface area contributed by atoms with Gasteiger partial charge in [0.05, 0.1) is 20.2 Å². The topological polar surface area (TPSA) is 133 Å². The number of thioether (sulfide) groups is 1. The Balaban J connectivity index is 1.33. The van der Waals surface area contributed by atoms with Gasteiger partial charge >= 0.3 is 0 Å². The fourth-order valence-corrected chi connectivity index (χ4v) is 5.90. The number of nitrogens with zero attached hydrogens (tertiary/aromatic N) is 4. The standard InChI is InChI=1S/C32H42N8O4S/c1-43-27-7-6-25-17-28(27)44-14-9-33-31(41)18-26(8-15-45-2)38-32(42)21-40-12-10-39(11-13-40)20-23-4-3-5-24(16-23)36-29-19-30(37-25)35-22-34-29/h3-7,16-17,19,22,26H,8-15,18,20-21H2,1-2H3,(H,33,41)(H,38,42)(H2,34,35,36,37). The van der Waals surface area contributed by atoms with E-state index in [2.05, 4.69) is 53.2 Å². The molecule has 4 N–H and O–H groups in total. The highest BCUT2D eigenvalue weighted by atomic mass is 32.2. The Kier molecular flexibility index (Phi) is 11.7. The second-order valence-corrected chi connectivity index (χ2v) is 12.1. The summed E-state index contributed by atoms with van der Waals surface area (Å²) >= 11 is 1.70. The minimum atomic E-state index is -0.225. The van der Waals surface area contributed by atoms with E-state index in [1.54, 1.807) is 18.9 Å². The molecule has 3 aliphatic heterocycles. The lowest BCUT2D eigenvalue weighted by atomic mass is 10.1. The van der Waals surface area contributed by atoms with E-state index in [0.29, 0.717) is 36.2 Å². The van der Waals surface area contributed by atoms with Crippen molar-refractivity contribution in [2.24, 2.45) is 0 Å². The normalized spacial score (nSPS) is 21.3. The second kappa shape index (κ2) is 16.3. The molecule has 1 unspecified atom stereocenters. The molecule has 1 aromatic heterocycles. The number of carbonyl (C=O) groups is 2. The molecular formula is C32H42N8O4S. The van der Waals surface area contributed by atoms with Crippen LogP contribution in [0, 0.1) is 0 Å². The number of carbonyl (C=O) groups excluding carboxylic acids is 2. The smallest absolute Gasteiger partial charge is 0.234 e. The number of hydrogen-bond acceptors (Lipinski definition) is 11. The van der Waals surface area contributed by atoms with E-state index in [1.807, 2.05) is 42.7 Å². The zero-order valence-corrected chi connectivity index (χ0v) is 26.7. The highest BCUT2D eigenvalue weighted by molar-refractivity contribution is 7.98. The van der Waals surface area contributed by atoms with Crippen LogP contribution in [-0.2, 0) is 16.1 Å². The van der Waals surface area contributed by atoms with Gasteiger partial charge in [0, 0.05) is 68.7 Å². The number of anilines is 4. The van der Waals surface area contributed by atoms with Crippen LogP contribution in [0.25, 0.3) is 0 Å². The lowest BCUT2D eigenvalue weighted by Gasteiger charge is -2.34. The number of nitrogens with one attached hydrogen (secondary N) is 4. The van der Waals surface area contributed by atoms with Crippen molar-refractivity contribution in [3.63, 3.8) is 0 Å². The molecule has 13 heteroatoms. The van der Waals surface area contributed by atoms with E-state index >= 15 is 0 Å². The van der Waals surface area contributed by atoms with Crippen LogP contribution in [0.2, 0.25) is 0 Å². The Bertz CT molecular complexity index is 1440. The van der Waals surface area contributed by atoms with Gasteiger partial charge < -0.3 is 30.7 Å². The van der Waals surface area contributed by atoms with E-state index in [9.17, 15) is 9.59 Å². The maximum Gasteiger partial charge on any atom is 0.234 e. The molecule has 8 bridgehead atoms. The number of rotatable bonds is 4. The fraction of sp³-hybridized carbons (Fsp3) is 0.438. The van der Waals surface area contributed by atoms with Crippen molar-refractivity contribution in [1.82, 2.24) is 30.4 Å². The van der Waals surface area contributed by atoms with Gasteiger partial charge in [0.15, 0.2) is 11.5 Å². The van der Waals surface area contributed by atoms with Crippen molar-refractivity contribution in [1.29, 1.82) is 0 Å². The summed E-state index contributed by atoms with van der Waals surface area (Å²) in [5.74, 6) is 3.08. The van der Waals surface area contributed by atoms with E-state index < -0.39 is 0 Å². The third-order valence-electron chi connectivity index (χ3n) is 7.69. The molecule has 1 atom stereocenters. The van der Waals surface area contributed by atoms with Crippen molar-refractivity contribution in [2.45, 2.75) is 25.4 Å². The van der Waals surface area contributed by atoms with E-state index in [-0.39, 0.29) is 30.9 Å². The first kappa shape index (κ1) is 32.3. The van der Waals surface area contributed by atoms with E-state index in [0.717, 1.165) is 56.3 Å². The number of piperazine rings is 1. The molecule has 3 aliphatic rings. The molecule has 0 saturated carbocycles. The van der Waals surface area contributed by atoms with Crippen LogP contribution in [0.1, 0.15) is 18.4 Å². The summed E-state index contributed by atoms with van der Waals surface area (Å²) in [4.78, 5) is 39.2. The van der Waals surface area contributed by atoms with E-state index in [4.69, 9.17) is 9.47 Å². The summed E-state index contributed by atoms with van der Waals surface area (Å²) in [6, 6.07) is 15.5. The molecule has 1 fully saturated rings. The van der Waals surface area contributed by atoms with Crippen molar-refractivity contribution >= 4 is 46.6 Å². The summed E-state index contributed by atoms with van der Waals surface area (Å²) in [5.41, 5.74) is 2.90. The van der Waals surface area contributed by atoms with Crippen molar-refractivity contribution < 1.29 is 19.1 Å². The molecule has 2 amide bonds. The van der Waals surface area contributed by atoms with Crippen LogP contribution in [0.4, 0.5) is 23.0 Å². The minimum Gasteiger partial charge on any atom is -0.493 e. The van der Waals surface area contributed by atoms with Crippen LogP contribution in [0.15, 0.2) is 54.9 Å². The number of methoxy groups -OCH3 is 1. The van der Waals surface area contributed by atoms with Crippen LogP contribution in [-0.4, -0.2) is 103 Å². The van der Waals surface area contributed by atoms with Crippen LogP contribution in [0.3, 0.4) is 0 Å². The molecule has 0 spiro atoms. The number of hydrogen-bond donors (Lipinski definition) is 4. The third kappa shape index (κ3) is 9.96. The maximum absolute atomic E-state index is 13.0. The predicted molar refractivity (Wildman–Crippen MR) is 178 cm³/mol. The number of ether oxygens (including phenoxy) is 2. The van der Waals surface area contributed by atoms with Gasteiger partial charge in [0.1, 0.15) is 24.6 Å². The number of benzene rings is 2. The molecule has 0 radical (unpaired) electrons. The summed E-state index contributed by atoms with van der Waals surface area (Å²) in [5, 5.41) is 12.7. The van der Waals surface area contributed by atoms with Crippen molar-refractivity contribution in [3.8, 4) is 11.5 Å². The summed E-state index contributed by atoms with van der Waals surface area (Å²) in [6.07, 6.45) is 4.48. The van der Waals surface area contributed by atoms with Crippen LogP contribution in [0.5, 0.6) is 11.5 Å². The molecule has 0 aliphatic carbocycles. The second-order valence-electron chi connectivity index (χ2n) is 11.1. The first-order chi connectivity index (χ1) is 22.0. The number of amides is 2. The third-order valence-corrected chi connectivity index (χ3v) is 8.33. The fourth-order valence-electron chi connectivity index (χ4n) is 5.38. The number of fused-ring (bicyclic) bond motifs is 11. The monoisotopic (exact) mass is 634 g/mol. The Labute approximate surface area is 268 Å². The van der Waals surface area contributed by atoms with Gasteiger partial charge in [0.25, 0.3) is 0 Å². The molecule has 4 heterocycles.